The van der Waals surface area contributed by atoms with E-state index in [1.54, 1.807) is 12.4 Å². The summed E-state index contributed by atoms with van der Waals surface area (Å²) >= 11 is 0. The topological polar surface area (TPSA) is 43.4 Å². The van der Waals surface area contributed by atoms with Gasteiger partial charge in [-0.1, -0.05) is 13.0 Å². The maximum Gasteiger partial charge on any atom is 0.150 e. The molecule has 2 aromatic rings. The molecule has 0 spiro atoms. The first-order chi connectivity index (χ1) is 9.83. The molecule has 0 aliphatic heterocycles. The van der Waals surface area contributed by atoms with E-state index in [0.29, 0.717) is 6.61 Å². The number of benzene rings is 1. The lowest BCUT2D eigenvalue weighted by molar-refractivity contribution is 0.338. The molecule has 0 atom stereocenters. The summed E-state index contributed by atoms with van der Waals surface area (Å²) in [6, 6.07) is 9.59. The van der Waals surface area contributed by atoms with Gasteiger partial charge in [0.25, 0.3) is 0 Å². The third-order valence-electron chi connectivity index (χ3n) is 2.78. The average molecular weight is 272 g/mol. The first-order valence-corrected chi connectivity index (χ1v) is 6.87. The van der Waals surface area contributed by atoms with Crippen molar-refractivity contribution in [2.75, 3.05) is 13.2 Å². The van der Waals surface area contributed by atoms with Crippen LogP contribution in [0.25, 0.3) is 0 Å². The van der Waals surface area contributed by atoms with E-state index in [0.717, 1.165) is 35.9 Å². The predicted molar refractivity (Wildman–Crippen MR) is 79.3 cm³/mol. The fourth-order valence-electron chi connectivity index (χ4n) is 1.83. The highest BCUT2D eigenvalue weighted by atomic mass is 16.5. The normalized spacial score (nSPS) is 10.3. The number of hydrogen-bond acceptors (Lipinski definition) is 4. The third-order valence-corrected chi connectivity index (χ3v) is 2.78. The van der Waals surface area contributed by atoms with Gasteiger partial charge in [0, 0.05) is 24.4 Å². The van der Waals surface area contributed by atoms with Crippen LogP contribution in [0.4, 0.5) is 0 Å². The number of nitrogens with one attached hydrogen (secondary N) is 1. The van der Waals surface area contributed by atoms with Gasteiger partial charge in [-0.25, -0.2) is 0 Å². The van der Waals surface area contributed by atoms with E-state index < -0.39 is 0 Å². The predicted octanol–water partition coefficient (Wildman–Crippen LogP) is 3.38. The van der Waals surface area contributed by atoms with Gasteiger partial charge in [-0.15, -0.1) is 0 Å². The Morgan fingerprint density at radius 2 is 2.00 bits per heavy atom. The molecule has 0 bridgehead atoms. The minimum atomic E-state index is 0.641. The summed E-state index contributed by atoms with van der Waals surface area (Å²) in [4.78, 5) is 4.12. The summed E-state index contributed by atoms with van der Waals surface area (Å²) < 4.78 is 11.4. The Morgan fingerprint density at radius 1 is 1.15 bits per heavy atom. The number of aromatic nitrogens is 1. The zero-order valence-corrected chi connectivity index (χ0v) is 11.9. The third kappa shape index (κ3) is 3.96. The second-order valence-corrected chi connectivity index (χ2v) is 4.27. The minimum Gasteiger partial charge on any atom is -0.494 e. The molecule has 0 unspecified atom stereocenters. The first-order valence-electron chi connectivity index (χ1n) is 6.87. The number of nitrogens with zero attached hydrogens (tertiary/aromatic N) is 1. The fourth-order valence-corrected chi connectivity index (χ4v) is 1.83. The Bertz CT molecular complexity index is 544. The van der Waals surface area contributed by atoms with Crippen LogP contribution in [0.3, 0.4) is 0 Å². The van der Waals surface area contributed by atoms with Crippen molar-refractivity contribution < 1.29 is 9.47 Å². The summed E-state index contributed by atoms with van der Waals surface area (Å²) in [5, 5.41) is 3.29. The van der Waals surface area contributed by atoms with Gasteiger partial charge in [0.15, 0.2) is 0 Å². The van der Waals surface area contributed by atoms with E-state index in [-0.39, 0.29) is 0 Å². The van der Waals surface area contributed by atoms with Gasteiger partial charge in [-0.2, -0.15) is 0 Å². The Balaban J connectivity index is 2.14. The van der Waals surface area contributed by atoms with E-state index in [1.807, 2.05) is 37.3 Å². The molecule has 4 heteroatoms. The van der Waals surface area contributed by atoms with E-state index in [1.165, 1.54) is 0 Å². The molecule has 0 aliphatic rings. The van der Waals surface area contributed by atoms with Gasteiger partial charge in [-0.05, 0) is 31.7 Å². The summed E-state index contributed by atoms with van der Waals surface area (Å²) in [6.45, 7) is 6.36. The van der Waals surface area contributed by atoms with Crippen LogP contribution in [0.15, 0.2) is 42.7 Å². The number of pyridine rings is 1. The number of hydrogen-bond donors (Lipinski definition) is 1. The van der Waals surface area contributed by atoms with Crippen molar-refractivity contribution in [1.29, 1.82) is 0 Å². The van der Waals surface area contributed by atoms with Crippen molar-refractivity contribution in [2.24, 2.45) is 0 Å². The van der Waals surface area contributed by atoms with Crippen molar-refractivity contribution >= 4 is 0 Å². The van der Waals surface area contributed by atoms with Crippen LogP contribution < -0.4 is 14.8 Å². The van der Waals surface area contributed by atoms with Crippen molar-refractivity contribution in [3.8, 4) is 17.2 Å². The molecule has 1 heterocycles. The monoisotopic (exact) mass is 272 g/mol. The van der Waals surface area contributed by atoms with Gasteiger partial charge in [0.2, 0.25) is 0 Å². The molecule has 1 N–H and O–H groups in total. The highest BCUT2D eigenvalue weighted by molar-refractivity contribution is 5.39. The zero-order valence-electron chi connectivity index (χ0n) is 11.9. The molecular weight excluding hydrogens is 252 g/mol. The maximum atomic E-state index is 5.91. The van der Waals surface area contributed by atoms with Gasteiger partial charge in [0.1, 0.15) is 17.2 Å². The van der Waals surface area contributed by atoms with Crippen molar-refractivity contribution in [2.45, 2.75) is 20.4 Å². The standard InChI is InChI=1S/C16H20N2O2/c1-3-17-11-13-8-9-18-12-16(13)20-15-7-5-6-14(10-15)19-4-2/h5-10,12,17H,3-4,11H2,1-2H3. The summed E-state index contributed by atoms with van der Waals surface area (Å²) in [7, 11) is 0. The first kappa shape index (κ1) is 14.3. The van der Waals surface area contributed by atoms with E-state index in [2.05, 4.69) is 17.2 Å². The Morgan fingerprint density at radius 3 is 2.80 bits per heavy atom. The molecular formula is C16H20N2O2. The van der Waals surface area contributed by atoms with Gasteiger partial charge < -0.3 is 14.8 Å². The van der Waals surface area contributed by atoms with Crippen molar-refractivity contribution in [1.82, 2.24) is 10.3 Å². The van der Waals surface area contributed by atoms with Crippen LogP contribution >= 0.6 is 0 Å². The highest BCUT2D eigenvalue weighted by Crippen LogP contribution is 2.27. The average Bonchev–Trinajstić information content (AvgIpc) is 2.47. The Hall–Kier alpha value is -2.07. The molecule has 0 fully saturated rings. The molecule has 0 amide bonds. The van der Waals surface area contributed by atoms with Gasteiger partial charge in [-0.3, -0.25) is 4.98 Å². The maximum absolute atomic E-state index is 5.91. The quantitative estimate of drug-likeness (QED) is 0.839. The molecule has 1 aromatic heterocycles. The largest absolute Gasteiger partial charge is 0.494 e. The number of rotatable bonds is 7. The van der Waals surface area contributed by atoms with E-state index in [4.69, 9.17) is 9.47 Å². The van der Waals surface area contributed by atoms with Crippen LogP contribution in [0.5, 0.6) is 17.2 Å². The highest BCUT2D eigenvalue weighted by Gasteiger charge is 2.05. The number of ether oxygens (including phenoxy) is 2. The lowest BCUT2D eigenvalue weighted by Gasteiger charge is -2.11. The summed E-state index contributed by atoms with van der Waals surface area (Å²) in [6.07, 6.45) is 3.51. The van der Waals surface area contributed by atoms with Crippen LogP contribution in [0.1, 0.15) is 19.4 Å². The fraction of sp³-hybridized carbons (Fsp3) is 0.312. The molecule has 106 valence electrons. The Labute approximate surface area is 119 Å². The SMILES string of the molecule is CCNCc1ccncc1Oc1cccc(OCC)c1. The second-order valence-electron chi connectivity index (χ2n) is 4.27. The van der Waals surface area contributed by atoms with Crippen molar-refractivity contribution in [3.63, 3.8) is 0 Å². The second kappa shape index (κ2) is 7.50. The molecule has 2 rings (SSSR count). The van der Waals surface area contributed by atoms with E-state index >= 15 is 0 Å². The summed E-state index contributed by atoms with van der Waals surface area (Å²) in [5.74, 6) is 2.32. The van der Waals surface area contributed by atoms with Crippen LogP contribution in [-0.4, -0.2) is 18.1 Å². The molecule has 4 nitrogen and oxygen atoms in total. The lowest BCUT2D eigenvalue weighted by atomic mass is 10.2. The summed E-state index contributed by atoms with van der Waals surface area (Å²) in [5.41, 5.74) is 1.09. The molecule has 0 radical (unpaired) electrons. The smallest absolute Gasteiger partial charge is 0.150 e. The molecule has 0 saturated carbocycles. The minimum absolute atomic E-state index is 0.641. The lowest BCUT2D eigenvalue weighted by Crippen LogP contribution is -2.12. The van der Waals surface area contributed by atoms with Crippen molar-refractivity contribution in [3.05, 3.63) is 48.3 Å². The molecule has 0 saturated heterocycles. The van der Waals surface area contributed by atoms with Crippen LogP contribution in [-0.2, 0) is 6.54 Å². The Kier molecular flexibility index (Phi) is 5.38. The van der Waals surface area contributed by atoms with Gasteiger partial charge in [0.05, 0.1) is 12.8 Å². The van der Waals surface area contributed by atoms with Gasteiger partial charge >= 0.3 is 0 Å². The van der Waals surface area contributed by atoms with E-state index in [9.17, 15) is 0 Å². The molecule has 1 aromatic carbocycles. The van der Waals surface area contributed by atoms with Crippen LogP contribution in [0, 0.1) is 0 Å². The van der Waals surface area contributed by atoms with Crippen LogP contribution in [0.2, 0.25) is 0 Å². The molecule has 20 heavy (non-hydrogen) atoms. The molecule has 0 aliphatic carbocycles. The zero-order chi connectivity index (χ0) is 14.2.